The number of sulfone groups is 1. The summed E-state index contributed by atoms with van der Waals surface area (Å²) in [6, 6.07) is 7.34. The molecular formula is C12H8Cl2O4S. The van der Waals surface area contributed by atoms with Crippen LogP contribution in [0.15, 0.2) is 46.2 Å². The van der Waals surface area contributed by atoms with Gasteiger partial charge in [0, 0.05) is 0 Å². The molecule has 0 bridgehead atoms. The molecule has 0 saturated heterocycles. The lowest BCUT2D eigenvalue weighted by Gasteiger charge is -2.08. The fourth-order valence-electron chi connectivity index (χ4n) is 1.48. The molecule has 0 saturated carbocycles. The summed E-state index contributed by atoms with van der Waals surface area (Å²) in [4.78, 5) is -0.239. The first-order valence-electron chi connectivity index (χ1n) is 5.05. The molecule has 0 spiro atoms. The van der Waals surface area contributed by atoms with Crippen molar-refractivity contribution in [2.45, 2.75) is 9.79 Å². The van der Waals surface area contributed by atoms with Crippen molar-refractivity contribution in [3.8, 4) is 11.5 Å². The zero-order valence-corrected chi connectivity index (χ0v) is 11.7. The van der Waals surface area contributed by atoms with Gasteiger partial charge in [-0.3, -0.25) is 0 Å². The van der Waals surface area contributed by atoms with Gasteiger partial charge in [0.05, 0.1) is 14.8 Å². The summed E-state index contributed by atoms with van der Waals surface area (Å²) in [6.07, 6.45) is 0. The third-order valence-corrected chi connectivity index (χ3v) is 5.26. The Labute approximate surface area is 119 Å². The number of hydrogen-bond acceptors (Lipinski definition) is 4. The van der Waals surface area contributed by atoms with Gasteiger partial charge in [-0.15, -0.1) is 0 Å². The van der Waals surface area contributed by atoms with Crippen LogP contribution < -0.4 is 0 Å². The molecule has 19 heavy (non-hydrogen) atoms. The molecule has 0 aliphatic carbocycles. The third kappa shape index (κ3) is 2.49. The van der Waals surface area contributed by atoms with Crippen molar-refractivity contribution < 1.29 is 18.6 Å². The summed E-state index contributed by atoms with van der Waals surface area (Å²) in [7, 11) is -3.86. The van der Waals surface area contributed by atoms with Gasteiger partial charge in [0.2, 0.25) is 9.84 Å². The minimum Gasteiger partial charge on any atom is -0.508 e. The lowest BCUT2D eigenvalue weighted by molar-refractivity contribution is 0.474. The van der Waals surface area contributed by atoms with Gasteiger partial charge >= 0.3 is 0 Å². The van der Waals surface area contributed by atoms with E-state index in [0.29, 0.717) is 0 Å². The molecule has 7 heteroatoms. The number of aromatic hydroxyl groups is 2. The molecule has 100 valence electrons. The average Bonchev–Trinajstić information content (AvgIpc) is 2.36. The predicted molar refractivity (Wildman–Crippen MR) is 71.7 cm³/mol. The van der Waals surface area contributed by atoms with Crippen molar-refractivity contribution in [2.24, 2.45) is 0 Å². The van der Waals surface area contributed by atoms with Crippen LogP contribution in [0.2, 0.25) is 10.0 Å². The van der Waals surface area contributed by atoms with E-state index in [9.17, 15) is 13.5 Å². The van der Waals surface area contributed by atoms with Crippen LogP contribution in [0.5, 0.6) is 11.5 Å². The fraction of sp³-hybridized carbons (Fsp3) is 0. The molecule has 0 fully saturated rings. The number of halogens is 2. The normalized spacial score (nSPS) is 11.5. The van der Waals surface area contributed by atoms with Crippen LogP contribution >= 0.6 is 23.2 Å². The van der Waals surface area contributed by atoms with Gasteiger partial charge in [0.15, 0.2) is 0 Å². The highest BCUT2D eigenvalue weighted by Crippen LogP contribution is 2.38. The van der Waals surface area contributed by atoms with Gasteiger partial charge in [-0.1, -0.05) is 23.2 Å². The molecule has 4 nitrogen and oxygen atoms in total. The molecule has 0 unspecified atom stereocenters. The molecule has 0 aliphatic rings. The minimum atomic E-state index is -3.86. The first-order valence-corrected chi connectivity index (χ1v) is 7.29. The average molecular weight is 319 g/mol. The van der Waals surface area contributed by atoms with Crippen LogP contribution in [0.1, 0.15) is 0 Å². The van der Waals surface area contributed by atoms with E-state index in [0.717, 1.165) is 6.07 Å². The van der Waals surface area contributed by atoms with Gasteiger partial charge in [0.25, 0.3) is 0 Å². The number of hydrogen-bond donors (Lipinski definition) is 2. The lowest BCUT2D eigenvalue weighted by atomic mass is 10.3. The second-order valence-electron chi connectivity index (χ2n) is 3.71. The van der Waals surface area contributed by atoms with Crippen LogP contribution in [-0.2, 0) is 9.84 Å². The molecular weight excluding hydrogens is 311 g/mol. The Morgan fingerprint density at radius 2 is 1.42 bits per heavy atom. The maximum Gasteiger partial charge on any atom is 0.208 e. The van der Waals surface area contributed by atoms with Crippen molar-refractivity contribution in [3.05, 3.63) is 46.4 Å². The van der Waals surface area contributed by atoms with E-state index in [1.54, 1.807) is 0 Å². The zero-order valence-electron chi connectivity index (χ0n) is 9.34. The second kappa shape index (κ2) is 4.92. The number of rotatable bonds is 2. The Kier molecular flexibility index (Phi) is 3.62. The minimum absolute atomic E-state index is 0.0334. The summed E-state index contributed by atoms with van der Waals surface area (Å²) in [5.41, 5.74) is 0. The van der Waals surface area contributed by atoms with Gasteiger partial charge < -0.3 is 10.2 Å². The molecule has 0 aromatic heterocycles. The van der Waals surface area contributed by atoms with Gasteiger partial charge in [0.1, 0.15) is 16.5 Å². The first kappa shape index (κ1) is 14.0. The Morgan fingerprint density at radius 1 is 0.842 bits per heavy atom. The Balaban J connectivity index is 2.64. The van der Waals surface area contributed by atoms with Gasteiger partial charge in [-0.25, -0.2) is 8.42 Å². The highest BCUT2D eigenvalue weighted by Gasteiger charge is 2.23. The third-order valence-electron chi connectivity index (χ3n) is 2.46. The van der Waals surface area contributed by atoms with E-state index in [1.165, 1.54) is 30.3 Å². The van der Waals surface area contributed by atoms with Crippen molar-refractivity contribution in [1.29, 1.82) is 0 Å². The van der Waals surface area contributed by atoms with Gasteiger partial charge in [-0.2, -0.15) is 0 Å². The second-order valence-corrected chi connectivity index (χ2v) is 6.38. The van der Waals surface area contributed by atoms with Gasteiger partial charge in [-0.05, 0) is 36.4 Å². The number of phenolic OH excluding ortho intramolecular Hbond substituents is 2. The van der Waals surface area contributed by atoms with Crippen molar-refractivity contribution in [2.75, 3.05) is 0 Å². The van der Waals surface area contributed by atoms with E-state index >= 15 is 0 Å². The standard InChI is InChI=1S/C12H8Cl2O4S/c13-11-9(16)5-6-10(12(11)14)19(17,18)8-3-1-7(15)2-4-8/h1-6,15-16H. The Hall–Kier alpha value is -1.43. The lowest BCUT2D eigenvalue weighted by Crippen LogP contribution is -2.02. The molecule has 2 N–H and O–H groups in total. The molecule has 0 amide bonds. The van der Waals surface area contributed by atoms with Crippen LogP contribution in [0.4, 0.5) is 0 Å². The molecule has 2 aromatic carbocycles. The largest absolute Gasteiger partial charge is 0.508 e. The summed E-state index contributed by atoms with van der Waals surface area (Å²) in [5, 5.41) is 18.0. The van der Waals surface area contributed by atoms with Crippen LogP contribution in [0.3, 0.4) is 0 Å². The number of phenols is 2. The molecule has 0 aliphatic heterocycles. The zero-order chi connectivity index (χ0) is 14.2. The molecule has 0 radical (unpaired) electrons. The SMILES string of the molecule is O=S(=O)(c1ccc(O)cc1)c1ccc(O)c(Cl)c1Cl. The highest BCUT2D eigenvalue weighted by molar-refractivity contribution is 7.91. The highest BCUT2D eigenvalue weighted by atomic mass is 35.5. The summed E-state index contributed by atoms with van der Waals surface area (Å²) in [5.74, 6) is -0.342. The topological polar surface area (TPSA) is 74.6 Å². The predicted octanol–water partition coefficient (Wildman–Crippen LogP) is 3.24. The fourth-order valence-corrected chi connectivity index (χ4v) is 3.50. The summed E-state index contributed by atoms with van der Waals surface area (Å²) < 4.78 is 24.6. The molecule has 0 heterocycles. The van der Waals surface area contributed by atoms with Crippen molar-refractivity contribution >= 4 is 33.0 Å². The quantitative estimate of drug-likeness (QED) is 0.891. The van der Waals surface area contributed by atoms with E-state index in [-0.39, 0.29) is 31.3 Å². The summed E-state index contributed by atoms with van der Waals surface area (Å²) >= 11 is 11.6. The van der Waals surface area contributed by atoms with Crippen LogP contribution in [-0.4, -0.2) is 18.6 Å². The molecule has 2 rings (SSSR count). The van der Waals surface area contributed by atoms with E-state index in [1.807, 2.05) is 0 Å². The maximum absolute atomic E-state index is 12.3. The smallest absolute Gasteiger partial charge is 0.208 e. The monoisotopic (exact) mass is 318 g/mol. The maximum atomic E-state index is 12.3. The van der Waals surface area contributed by atoms with E-state index in [2.05, 4.69) is 0 Å². The Bertz CT molecular complexity index is 724. The van der Waals surface area contributed by atoms with Crippen molar-refractivity contribution in [3.63, 3.8) is 0 Å². The van der Waals surface area contributed by atoms with E-state index in [4.69, 9.17) is 28.3 Å². The molecule has 0 atom stereocenters. The van der Waals surface area contributed by atoms with Crippen molar-refractivity contribution in [1.82, 2.24) is 0 Å². The Morgan fingerprint density at radius 3 is 2.00 bits per heavy atom. The van der Waals surface area contributed by atoms with Crippen LogP contribution in [0, 0.1) is 0 Å². The van der Waals surface area contributed by atoms with Crippen LogP contribution in [0.25, 0.3) is 0 Å². The number of benzene rings is 2. The summed E-state index contributed by atoms with van der Waals surface area (Å²) in [6.45, 7) is 0. The molecule has 2 aromatic rings. The van der Waals surface area contributed by atoms with E-state index < -0.39 is 9.84 Å². The first-order chi connectivity index (χ1) is 8.84.